The van der Waals surface area contributed by atoms with Crippen LogP contribution < -0.4 is 21.9 Å². The molecule has 1 fully saturated rings. The zero-order chi connectivity index (χ0) is 10.8. The van der Waals surface area contributed by atoms with Crippen LogP contribution in [-0.4, -0.2) is 35.0 Å². The summed E-state index contributed by atoms with van der Waals surface area (Å²) in [5.74, 6) is -0.473. The first-order valence-electron chi connectivity index (χ1n) is 4.50. The quantitative estimate of drug-likeness (QED) is 0.443. The van der Waals surface area contributed by atoms with Crippen molar-refractivity contribution in [3.05, 3.63) is 32.6 Å². The van der Waals surface area contributed by atoms with Crippen LogP contribution in [0.25, 0.3) is 0 Å². The third-order valence-corrected chi connectivity index (χ3v) is 2.18. The van der Waals surface area contributed by atoms with Crippen molar-refractivity contribution in [2.24, 2.45) is 0 Å². The molecular weight excluding hydrogens is 200 g/mol. The monoisotopic (exact) mass is 210 g/mol. The molecule has 1 aromatic rings. The Morgan fingerprint density at radius 2 is 2.13 bits per heavy atom. The van der Waals surface area contributed by atoms with E-state index in [9.17, 15) is 14.4 Å². The minimum Gasteiger partial charge on any atom is -0.347 e. The maximum absolute atomic E-state index is 11.5. The molecule has 0 bridgehead atoms. The lowest BCUT2D eigenvalue weighted by atomic mass is 10.1. The Morgan fingerprint density at radius 1 is 1.40 bits per heavy atom. The molecule has 1 aliphatic heterocycles. The van der Waals surface area contributed by atoms with Crippen molar-refractivity contribution < 1.29 is 4.79 Å². The molecule has 0 saturated carbocycles. The van der Waals surface area contributed by atoms with Crippen LogP contribution in [0.5, 0.6) is 0 Å². The van der Waals surface area contributed by atoms with Gasteiger partial charge >= 0.3 is 5.69 Å². The number of nitrogens with one attached hydrogen (secondary N) is 4. The van der Waals surface area contributed by atoms with Crippen molar-refractivity contribution in [1.29, 1.82) is 0 Å². The molecule has 0 unspecified atom stereocenters. The van der Waals surface area contributed by atoms with E-state index in [4.69, 9.17) is 0 Å². The van der Waals surface area contributed by atoms with Gasteiger partial charge in [0, 0.05) is 19.3 Å². The highest BCUT2D eigenvalue weighted by molar-refractivity contribution is 5.93. The summed E-state index contributed by atoms with van der Waals surface area (Å²) in [5.41, 5.74) is -1.38. The lowest BCUT2D eigenvalue weighted by Crippen LogP contribution is -2.57. The zero-order valence-corrected chi connectivity index (χ0v) is 7.79. The molecule has 4 N–H and O–H groups in total. The smallest absolute Gasteiger partial charge is 0.325 e. The lowest BCUT2D eigenvalue weighted by Gasteiger charge is -2.27. The largest absolute Gasteiger partial charge is 0.347 e. The highest BCUT2D eigenvalue weighted by Gasteiger charge is 2.20. The van der Waals surface area contributed by atoms with Crippen LogP contribution in [0.15, 0.2) is 15.8 Å². The van der Waals surface area contributed by atoms with E-state index in [1.165, 1.54) is 0 Å². The summed E-state index contributed by atoms with van der Waals surface area (Å²) in [6.45, 7) is 1.40. The van der Waals surface area contributed by atoms with Gasteiger partial charge in [0.1, 0.15) is 5.56 Å². The molecule has 0 aliphatic carbocycles. The van der Waals surface area contributed by atoms with Gasteiger partial charge in [-0.15, -0.1) is 0 Å². The Kier molecular flexibility index (Phi) is 2.38. The minimum atomic E-state index is -0.677. The van der Waals surface area contributed by atoms with Crippen LogP contribution >= 0.6 is 0 Å². The van der Waals surface area contributed by atoms with Gasteiger partial charge < -0.3 is 15.6 Å². The van der Waals surface area contributed by atoms with Gasteiger partial charge in [0.25, 0.3) is 11.5 Å². The van der Waals surface area contributed by atoms with E-state index in [0.717, 1.165) is 6.20 Å². The number of aromatic nitrogens is 2. The molecule has 0 radical (unpaired) electrons. The fourth-order valence-corrected chi connectivity index (χ4v) is 1.23. The zero-order valence-electron chi connectivity index (χ0n) is 7.79. The number of aromatic amines is 2. The predicted octanol–water partition coefficient (Wildman–Crippen LogP) is -2.24. The molecule has 7 heteroatoms. The van der Waals surface area contributed by atoms with E-state index in [1.54, 1.807) is 0 Å². The second-order valence-electron chi connectivity index (χ2n) is 3.31. The van der Waals surface area contributed by atoms with E-state index >= 15 is 0 Å². The van der Waals surface area contributed by atoms with E-state index in [0.29, 0.717) is 13.1 Å². The molecule has 1 aromatic heterocycles. The number of amides is 1. The maximum Gasteiger partial charge on any atom is 0.325 e. The van der Waals surface area contributed by atoms with Gasteiger partial charge in [-0.25, -0.2) is 4.79 Å². The van der Waals surface area contributed by atoms with Crippen molar-refractivity contribution in [1.82, 2.24) is 20.6 Å². The Hall–Kier alpha value is -1.89. The van der Waals surface area contributed by atoms with Crippen LogP contribution in [0.3, 0.4) is 0 Å². The Bertz CT molecular complexity index is 485. The van der Waals surface area contributed by atoms with E-state index < -0.39 is 17.2 Å². The standard InChI is InChI=1S/C8H10N4O3/c13-6(11-4-1-9-2-4)5-3-10-8(15)12-7(5)14/h3-4,9H,1-2H2,(H,11,13)(H2,10,12,14,15). The second-order valence-corrected chi connectivity index (χ2v) is 3.31. The molecule has 0 atom stereocenters. The third kappa shape index (κ3) is 1.96. The number of rotatable bonds is 2. The fourth-order valence-electron chi connectivity index (χ4n) is 1.23. The van der Waals surface area contributed by atoms with Crippen LogP contribution in [0.1, 0.15) is 10.4 Å². The maximum atomic E-state index is 11.5. The SMILES string of the molecule is O=C(NC1CNC1)c1c[nH]c(=O)[nH]c1=O. The molecule has 15 heavy (non-hydrogen) atoms. The highest BCUT2D eigenvalue weighted by Crippen LogP contribution is 1.93. The van der Waals surface area contributed by atoms with Gasteiger partial charge in [0.2, 0.25) is 0 Å². The Balaban J connectivity index is 2.17. The van der Waals surface area contributed by atoms with Crippen LogP contribution in [-0.2, 0) is 0 Å². The highest BCUT2D eigenvalue weighted by atomic mass is 16.2. The Labute approximate surface area is 83.9 Å². The summed E-state index contributed by atoms with van der Waals surface area (Å²) in [7, 11) is 0. The number of hydrogen-bond acceptors (Lipinski definition) is 4. The summed E-state index contributed by atoms with van der Waals surface area (Å²) in [6.07, 6.45) is 1.11. The number of H-pyrrole nitrogens is 2. The van der Waals surface area contributed by atoms with Crippen molar-refractivity contribution in [2.45, 2.75) is 6.04 Å². The predicted molar refractivity (Wildman–Crippen MR) is 51.8 cm³/mol. The average Bonchev–Trinajstić information content (AvgIpc) is 2.11. The first-order chi connectivity index (χ1) is 7.16. The van der Waals surface area contributed by atoms with E-state index in [1.807, 2.05) is 4.98 Å². The molecule has 80 valence electrons. The van der Waals surface area contributed by atoms with Crippen molar-refractivity contribution in [3.8, 4) is 0 Å². The molecule has 0 spiro atoms. The van der Waals surface area contributed by atoms with Crippen LogP contribution in [0.2, 0.25) is 0 Å². The molecule has 1 saturated heterocycles. The Morgan fingerprint density at radius 3 is 2.67 bits per heavy atom. The summed E-state index contributed by atoms with van der Waals surface area (Å²) in [4.78, 5) is 37.6. The van der Waals surface area contributed by atoms with Gasteiger partial charge in [-0.05, 0) is 0 Å². The van der Waals surface area contributed by atoms with Crippen LogP contribution in [0.4, 0.5) is 0 Å². The average molecular weight is 210 g/mol. The molecule has 1 amide bonds. The molecule has 0 aromatic carbocycles. The summed E-state index contributed by atoms with van der Waals surface area (Å²) < 4.78 is 0. The van der Waals surface area contributed by atoms with E-state index in [-0.39, 0.29) is 11.6 Å². The molecule has 2 rings (SSSR count). The van der Waals surface area contributed by atoms with Crippen LogP contribution in [0, 0.1) is 0 Å². The number of hydrogen-bond donors (Lipinski definition) is 4. The van der Waals surface area contributed by atoms with Crippen molar-refractivity contribution in [2.75, 3.05) is 13.1 Å². The molecule has 2 heterocycles. The van der Waals surface area contributed by atoms with E-state index in [2.05, 4.69) is 15.6 Å². The first kappa shape index (κ1) is 9.66. The van der Waals surface area contributed by atoms with Gasteiger partial charge in [-0.1, -0.05) is 0 Å². The van der Waals surface area contributed by atoms with Crippen molar-refractivity contribution in [3.63, 3.8) is 0 Å². The summed E-state index contributed by atoms with van der Waals surface area (Å²) >= 11 is 0. The van der Waals surface area contributed by atoms with Gasteiger partial charge in [0.05, 0.1) is 6.04 Å². The summed E-state index contributed by atoms with van der Waals surface area (Å²) in [6, 6.07) is 0.0591. The first-order valence-corrected chi connectivity index (χ1v) is 4.50. The number of carbonyl (C=O) groups is 1. The minimum absolute atomic E-state index is 0.0591. The van der Waals surface area contributed by atoms with Gasteiger partial charge in [0.15, 0.2) is 0 Å². The molecule has 1 aliphatic rings. The van der Waals surface area contributed by atoms with Crippen molar-refractivity contribution >= 4 is 5.91 Å². The fraction of sp³-hybridized carbons (Fsp3) is 0.375. The molecular formula is C8H10N4O3. The summed E-state index contributed by atoms with van der Waals surface area (Å²) in [5, 5.41) is 5.63. The lowest BCUT2D eigenvalue weighted by molar-refractivity contribution is 0.0922. The third-order valence-electron chi connectivity index (χ3n) is 2.18. The topological polar surface area (TPSA) is 107 Å². The molecule has 7 nitrogen and oxygen atoms in total. The van der Waals surface area contributed by atoms with Gasteiger partial charge in [-0.2, -0.15) is 0 Å². The number of carbonyl (C=O) groups excluding carboxylic acids is 1. The van der Waals surface area contributed by atoms with Gasteiger partial charge in [-0.3, -0.25) is 14.6 Å². The normalized spacial score (nSPS) is 15.7. The second kappa shape index (κ2) is 3.70.